The predicted molar refractivity (Wildman–Crippen MR) is 88.5 cm³/mol. The van der Waals surface area contributed by atoms with Crippen molar-refractivity contribution in [1.29, 1.82) is 0 Å². The zero-order chi connectivity index (χ0) is 17.6. The Morgan fingerprint density at radius 3 is 2.76 bits per heavy atom. The highest BCUT2D eigenvalue weighted by Gasteiger charge is 2.43. The Bertz CT molecular complexity index is 831. The van der Waals surface area contributed by atoms with Crippen LogP contribution in [0.25, 0.3) is 10.9 Å². The minimum absolute atomic E-state index is 0.0997. The number of hydrogen-bond acceptors (Lipinski definition) is 2. The number of nitrogens with zero attached hydrogens (tertiary/aromatic N) is 2. The normalized spacial score (nSPS) is 20.8. The molecule has 6 heteroatoms. The highest BCUT2D eigenvalue weighted by Crippen LogP contribution is 2.35. The van der Waals surface area contributed by atoms with Gasteiger partial charge in [0.2, 0.25) is 0 Å². The summed E-state index contributed by atoms with van der Waals surface area (Å²) in [4.78, 5) is 19.2. The van der Waals surface area contributed by atoms with Gasteiger partial charge >= 0.3 is 6.18 Å². The van der Waals surface area contributed by atoms with Crippen molar-refractivity contribution in [3.63, 3.8) is 0 Å². The van der Waals surface area contributed by atoms with Crippen molar-refractivity contribution in [2.45, 2.75) is 38.3 Å². The van der Waals surface area contributed by atoms with Crippen LogP contribution in [-0.2, 0) is 12.8 Å². The third kappa shape index (κ3) is 2.87. The number of amides is 1. The molecule has 1 atom stereocenters. The van der Waals surface area contributed by atoms with E-state index in [4.69, 9.17) is 0 Å². The van der Waals surface area contributed by atoms with E-state index in [2.05, 4.69) is 4.98 Å². The van der Waals surface area contributed by atoms with Crippen LogP contribution in [0.2, 0.25) is 0 Å². The second-order valence-corrected chi connectivity index (χ2v) is 6.91. The molecule has 2 aliphatic rings. The first-order valence-corrected chi connectivity index (χ1v) is 8.71. The van der Waals surface area contributed by atoms with Crippen LogP contribution in [0.5, 0.6) is 0 Å². The predicted octanol–water partition coefficient (Wildman–Crippen LogP) is 4.14. The van der Waals surface area contributed by atoms with Crippen molar-refractivity contribution in [3.05, 3.63) is 41.1 Å². The maximum Gasteiger partial charge on any atom is 0.393 e. The van der Waals surface area contributed by atoms with E-state index in [1.807, 2.05) is 24.3 Å². The third-order valence-corrected chi connectivity index (χ3v) is 5.30. The molecule has 1 aliphatic carbocycles. The number of hydrogen-bond donors (Lipinski definition) is 0. The minimum atomic E-state index is -4.25. The number of para-hydroxylation sites is 1. The number of pyridine rings is 1. The monoisotopic (exact) mass is 348 g/mol. The van der Waals surface area contributed by atoms with Gasteiger partial charge in [0.1, 0.15) is 0 Å². The summed E-state index contributed by atoms with van der Waals surface area (Å²) in [6.45, 7) is 0.143. The van der Waals surface area contributed by atoms with Gasteiger partial charge in [0, 0.05) is 24.2 Å². The van der Waals surface area contributed by atoms with Crippen molar-refractivity contribution in [2.24, 2.45) is 5.92 Å². The van der Waals surface area contributed by atoms with Gasteiger partial charge in [-0.05, 0) is 43.7 Å². The zero-order valence-corrected chi connectivity index (χ0v) is 13.8. The third-order valence-electron chi connectivity index (χ3n) is 5.30. The van der Waals surface area contributed by atoms with Crippen molar-refractivity contribution in [1.82, 2.24) is 9.88 Å². The molecular formula is C19H19F3N2O. The van der Waals surface area contributed by atoms with Gasteiger partial charge in [0.15, 0.2) is 0 Å². The second kappa shape index (κ2) is 6.00. The largest absolute Gasteiger partial charge is 0.393 e. The van der Waals surface area contributed by atoms with Crippen LogP contribution in [0.1, 0.15) is 40.9 Å². The number of likely N-dealkylation sites (tertiary alicyclic amines) is 1. The summed E-state index contributed by atoms with van der Waals surface area (Å²) in [6, 6.07) is 7.42. The summed E-state index contributed by atoms with van der Waals surface area (Å²) < 4.78 is 39.3. The van der Waals surface area contributed by atoms with Crippen molar-refractivity contribution in [3.8, 4) is 0 Å². The summed E-state index contributed by atoms with van der Waals surface area (Å²) in [7, 11) is 0. The molecule has 132 valence electrons. The fraction of sp³-hybridized carbons (Fsp3) is 0.474. The number of aromatic nitrogens is 1. The van der Waals surface area contributed by atoms with E-state index in [0.717, 1.165) is 41.4 Å². The SMILES string of the molecule is O=C(c1c2c(nc3ccccc13)CCC2)N1CCC[C@H](C(F)(F)F)C1. The topological polar surface area (TPSA) is 33.2 Å². The van der Waals surface area contributed by atoms with Gasteiger partial charge in [-0.1, -0.05) is 18.2 Å². The minimum Gasteiger partial charge on any atom is -0.338 e. The lowest BCUT2D eigenvalue weighted by Gasteiger charge is -2.34. The Kier molecular flexibility index (Phi) is 3.93. The molecule has 1 aromatic carbocycles. The molecule has 1 fully saturated rings. The standard InChI is InChI=1S/C19H19F3N2O/c20-19(21,22)12-5-4-10-24(11-12)18(25)17-13-6-1-2-8-15(13)23-16-9-3-7-14(16)17/h1-2,6,8,12H,3-5,7,9-11H2/t12-/m0/s1. The van der Waals surface area contributed by atoms with Crippen LogP contribution >= 0.6 is 0 Å². The van der Waals surface area contributed by atoms with Gasteiger partial charge in [-0.15, -0.1) is 0 Å². The van der Waals surface area contributed by atoms with Crippen LogP contribution in [0.3, 0.4) is 0 Å². The van der Waals surface area contributed by atoms with E-state index in [-0.39, 0.29) is 18.9 Å². The molecule has 1 saturated heterocycles. The Labute approximate surface area is 143 Å². The van der Waals surface area contributed by atoms with Crippen LogP contribution in [0.4, 0.5) is 13.2 Å². The smallest absolute Gasteiger partial charge is 0.338 e. The lowest BCUT2D eigenvalue weighted by molar-refractivity contribution is -0.184. The molecule has 1 aromatic heterocycles. The van der Waals surface area contributed by atoms with Gasteiger partial charge in [-0.2, -0.15) is 13.2 Å². The van der Waals surface area contributed by atoms with Gasteiger partial charge < -0.3 is 4.90 Å². The molecule has 1 aliphatic heterocycles. The summed E-state index contributed by atoms with van der Waals surface area (Å²) in [6.07, 6.45) is -1.23. The molecule has 3 nitrogen and oxygen atoms in total. The first kappa shape index (κ1) is 16.4. The van der Waals surface area contributed by atoms with Gasteiger partial charge in [-0.25, -0.2) is 0 Å². The molecule has 0 unspecified atom stereocenters. The van der Waals surface area contributed by atoms with Crippen LogP contribution < -0.4 is 0 Å². The molecule has 0 saturated carbocycles. The Morgan fingerprint density at radius 2 is 1.96 bits per heavy atom. The number of aryl methyl sites for hydroxylation is 1. The van der Waals surface area contributed by atoms with E-state index >= 15 is 0 Å². The van der Waals surface area contributed by atoms with Crippen molar-refractivity contribution >= 4 is 16.8 Å². The van der Waals surface area contributed by atoms with E-state index in [1.54, 1.807) is 0 Å². The number of rotatable bonds is 1. The number of halogens is 3. The fourth-order valence-corrected chi connectivity index (χ4v) is 4.04. The van der Waals surface area contributed by atoms with Gasteiger partial charge in [0.25, 0.3) is 5.91 Å². The number of benzene rings is 1. The highest BCUT2D eigenvalue weighted by atomic mass is 19.4. The number of fused-ring (bicyclic) bond motifs is 2. The van der Waals surface area contributed by atoms with E-state index in [1.165, 1.54) is 4.90 Å². The number of alkyl halides is 3. The zero-order valence-electron chi connectivity index (χ0n) is 13.8. The maximum atomic E-state index is 13.2. The van der Waals surface area contributed by atoms with Crippen LogP contribution in [0.15, 0.2) is 24.3 Å². The number of carbonyl (C=O) groups is 1. The van der Waals surface area contributed by atoms with Crippen molar-refractivity contribution in [2.75, 3.05) is 13.1 Å². The Hall–Kier alpha value is -2.11. The average molecular weight is 348 g/mol. The quantitative estimate of drug-likeness (QED) is 0.776. The first-order valence-electron chi connectivity index (χ1n) is 8.71. The first-order chi connectivity index (χ1) is 11.9. The summed E-state index contributed by atoms with van der Waals surface area (Å²) >= 11 is 0. The molecule has 0 radical (unpaired) electrons. The molecule has 4 rings (SSSR count). The molecule has 0 N–H and O–H groups in total. The highest BCUT2D eigenvalue weighted by molar-refractivity contribution is 6.07. The van der Waals surface area contributed by atoms with E-state index < -0.39 is 12.1 Å². The van der Waals surface area contributed by atoms with E-state index in [0.29, 0.717) is 18.5 Å². The summed E-state index contributed by atoms with van der Waals surface area (Å²) in [5.41, 5.74) is 3.17. The Morgan fingerprint density at radius 1 is 1.16 bits per heavy atom. The Balaban J connectivity index is 1.75. The molecule has 25 heavy (non-hydrogen) atoms. The molecule has 0 bridgehead atoms. The van der Waals surface area contributed by atoms with E-state index in [9.17, 15) is 18.0 Å². The second-order valence-electron chi connectivity index (χ2n) is 6.91. The molecular weight excluding hydrogens is 329 g/mol. The van der Waals surface area contributed by atoms with Crippen molar-refractivity contribution < 1.29 is 18.0 Å². The van der Waals surface area contributed by atoms with Gasteiger partial charge in [-0.3, -0.25) is 9.78 Å². The van der Waals surface area contributed by atoms with Crippen LogP contribution in [-0.4, -0.2) is 35.1 Å². The van der Waals surface area contributed by atoms with Crippen LogP contribution in [0, 0.1) is 5.92 Å². The lowest BCUT2D eigenvalue weighted by Crippen LogP contribution is -2.44. The number of carbonyl (C=O) groups excluding carboxylic acids is 1. The maximum absolute atomic E-state index is 13.2. The molecule has 2 aromatic rings. The average Bonchev–Trinajstić information content (AvgIpc) is 3.06. The molecule has 2 heterocycles. The van der Waals surface area contributed by atoms with Gasteiger partial charge in [0.05, 0.1) is 17.0 Å². The molecule has 0 spiro atoms. The molecule has 1 amide bonds. The summed E-state index contributed by atoms with van der Waals surface area (Å²) in [5.74, 6) is -1.70. The number of piperidine rings is 1. The summed E-state index contributed by atoms with van der Waals surface area (Å²) in [5, 5.41) is 0.752. The lowest BCUT2D eigenvalue weighted by atomic mass is 9.95. The fourth-order valence-electron chi connectivity index (χ4n) is 4.04.